The summed E-state index contributed by atoms with van der Waals surface area (Å²) >= 11 is 0. The van der Waals surface area contributed by atoms with Crippen LogP contribution in [-0.4, -0.2) is 46.1 Å². The molecule has 3 N–H and O–H groups in total. The fourth-order valence-electron chi connectivity index (χ4n) is 5.11. The lowest BCUT2D eigenvalue weighted by molar-refractivity contribution is -0.137. The lowest BCUT2D eigenvalue weighted by Gasteiger charge is -2.21. The van der Waals surface area contributed by atoms with Gasteiger partial charge >= 0.3 is 5.97 Å². The maximum Gasteiger partial charge on any atom is 0.305 e. The number of nitrogens with one attached hydrogen (secondary N) is 2. The van der Waals surface area contributed by atoms with Crippen LogP contribution in [0.5, 0.6) is 5.75 Å². The van der Waals surface area contributed by atoms with Gasteiger partial charge in [-0.2, -0.15) is 0 Å². The predicted octanol–water partition coefficient (Wildman–Crippen LogP) is 7.21. The molecule has 1 unspecified atom stereocenters. The number of carbonyl (C=O) groups excluding carboxylic acids is 1. The van der Waals surface area contributed by atoms with E-state index < -0.39 is 12.0 Å². The first-order valence-corrected chi connectivity index (χ1v) is 16.4. The van der Waals surface area contributed by atoms with Crippen molar-refractivity contribution in [3.8, 4) is 28.3 Å². The third-order valence-electron chi connectivity index (χ3n) is 8.01. The molecule has 0 aliphatic carbocycles. The molecule has 0 saturated carbocycles. The van der Waals surface area contributed by atoms with Gasteiger partial charge in [0.1, 0.15) is 5.75 Å². The monoisotopic (exact) mass is 636 g/mol. The average molecular weight is 637 g/mol. The predicted molar refractivity (Wildman–Crippen MR) is 187 cm³/mol. The van der Waals surface area contributed by atoms with Crippen molar-refractivity contribution in [2.24, 2.45) is 5.92 Å². The molecule has 0 radical (unpaired) electrons. The van der Waals surface area contributed by atoms with E-state index in [1.165, 1.54) is 5.56 Å². The molecule has 1 heterocycles. The highest BCUT2D eigenvalue weighted by Crippen LogP contribution is 2.24. The number of hydrogen-bond acceptors (Lipinski definition) is 6. The molecule has 0 aliphatic rings. The first-order chi connectivity index (χ1) is 22.5. The highest BCUT2D eigenvalue weighted by atomic mass is 16.5. The minimum atomic E-state index is -0.949. The van der Waals surface area contributed by atoms with Gasteiger partial charge in [-0.05, 0) is 65.0 Å². The number of ether oxygens (including phenoxy) is 1. The number of rotatable bonds is 16. The van der Waals surface area contributed by atoms with E-state index >= 15 is 0 Å². The van der Waals surface area contributed by atoms with E-state index in [9.17, 15) is 9.59 Å². The second-order valence-corrected chi connectivity index (χ2v) is 13.4. The van der Waals surface area contributed by atoms with Gasteiger partial charge in [0.15, 0.2) is 5.82 Å². The number of benzene rings is 3. The zero-order valence-electron chi connectivity index (χ0n) is 28.3. The number of aliphatic carboxylic acids is 1. The molecule has 1 aromatic heterocycles. The number of carbonyl (C=O) groups is 2. The molecule has 3 aromatic carbocycles. The number of carboxylic acid groups (broad SMARTS) is 1. The second kappa shape index (κ2) is 16.8. The van der Waals surface area contributed by atoms with Crippen molar-refractivity contribution in [2.45, 2.75) is 78.3 Å². The van der Waals surface area contributed by atoms with Crippen molar-refractivity contribution in [1.29, 1.82) is 0 Å². The standard InChI is InChI=1S/C39H48N4O4/c1-27(2)7-6-22-47-34-18-14-30(15-19-34)32-25-42-37(43-26-32)31-12-8-28(9-13-31)23-35(38(46)40-21-20-36(44)45)41-24-29-10-16-33(17-11-29)39(3,4)5/h8-19,25-27,35,41H,6-7,20-24H2,1-5H3,(H,40,46)(H,44,45). The van der Waals surface area contributed by atoms with Crippen LogP contribution < -0.4 is 15.4 Å². The lowest BCUT2D eigenvalue weighted by Crippen LogP contribution is -2.45. The van der Waals surface area contributed by atoms with E-state index in [0.29, 0.717) is 24.7 Å². The molecule has 4 aromatic rings. The Hall–Kier alpha value is -4.56. The molecule has 0 aliphatic heterocycles. The normalized spacial score (nSPS) is 12.1. The summed E-state index contributed by atoms with van der Waals surface area (Å²) in [7, 11) is 0. The number of nitrogens with zero attached hydrogens (tertiary/aromatic N) is 2. The van der Waals surface area contributed by atoms with Gasteiger partial charge in [0.05, 0.1) is 19.1 Å². The summed E-state index contributed by atoms with van der Waals surface area (Å²) in [6.45, 7) is 12.3. The molecule has 0 saturated heterocycles. The largest absolute Gasteiger partial charge is 0.494 e. The Kier molecular flexibility index (Phi) is 12.6. The van der Waals surface area contributed by atoms with E-state index in [-0.39, 0.29) is 24.3 Å². The highest BCUT2D eigenvalue weighted by Gasteiger charge is 2.19. The van der Waals surface area contributed by atoms with Crippen LogP contribution in [0.15, 0.2) is 85.2 Å². The fourth-order valence-corrected chi connectivity index (χ4v) is 5.11. The van der Waals surface area contributed by atoms with Gasteiger partial charge in [-0.1, -0.05) is 95.3 Å². The number of hydrogen-bond donors (Lipinski definition) is 3. The SMILES string of the molecule is CC(C)CCCOc1ccc(-c2cnc(-c3ccc(CC(NCc4ccc(C(C)(C)C)cc4)C(=O)NCCC(=O)O)cc3)nc2)cc1. The van der Waals surface area contributed by atoms with Gasteiger partial charge in [0.2, 0.25) is 5.91 Å². The maximum atomic E-state index is 13.1. The van der Waals surface area contributed by atoms with Crippen LogP contribution in [0, 0.1) is 5.92 Å². The quantitative estimate of drug-likeness (QED) is 0.111. The summed E-state index contributed by atoms with van der Waals surface area (Å²) in [6.07, 6.45) is 6.16. The summed E-state index contributed by atoms with van der Waals surface area (Å²) in [4.78, 5) is 33.3. The zero-order valence-corrected chi connectivity index (χ0v) is 28.3. The molecular weight excluding hydrogens is 588 g/mol. The summed E-state index contributed by atoms with van der Waals surface area (Å²) < 4.78 is 5.87. The Morgan fingerprint density at radius 3 is 2.04 bits per heavy atom. The van der Waals surface area contributed by atoms with Crippen molar-refractivity contribution in [2.75, 3.05) is 13.2 Å². The molecule has 0 spiro atoms. The van der Waals surface area contributed by atoms with E-state index in [4.69, 9.17) is 9.84 Å². The molecule has 0 fully saturated rings. The van der Waals surface area contributed by atoms with Gasteiger partial charge in [-0.3, -0.25) is 9.59 Å². The first-order valence-electron chi connectivity index (χ1n) is 16.4. The number of amides is 1. The van der Waals surface area contributed by atoms with Crippen LogP contribution in [-0.2, 0) is 28.0 Å². The van der Waals surface area contributed by atoms with Crippen LogP contribution in [0.2, 0.25) is 0 Å². The summed E-state index contributed by atoms with van der Waals surface area (Å²) in [5, 5.41) is 15.1. The summed E-state index contributed by atoms with van der Waals surface area (Å²) in [5.74, 6) is 0.979. The van der Waals surface area contributed by atoms with Crippen LogP contribution in [0.25, 0.3) is 22.5 Å². The van der Waals surface area contributed by atoms with Crippen LogP contribution in [0.1, 0.15) is 70.6 Å². The highest BCUT2D eigenvalue weighted by molar-refractivity contribution is 5.82. The van der Waals surface area contributed by atoms with E-state index in [0.717, 1.165) is 53.0 Å². The number of aromatic nitrogens is 2. The molecule has 0 bridgehead atoms. The molecule has 4 rings (SSSR count). The van der Waals surface area contributed by atoms with Crippen molar-refractivity contribution >= 4 is 11.9 Å². The molecule has 1 amide bonds. The molecule has 47 heavy (non-hydrogen) atoms. The summed E-state index contributed by atoms with van der Waals surface area (Å²) in [6, 6.07) is 23.7. The topological polar surface area (TPSA) is 113 Å². The molecule has 8 nitrogen and oxygen atoms in total. The minimum absolute atomic E-state index is 0.0617. The van der Waals surface area contributed by atoms with Crippen molar-refractivity contribution < 1.29 is 19.4 Å². The Morgan fingerprint density at radius 2 is 1.45 bits per heavy atom. The van der Waals surface area contributed by atoms with Crippen molar-refractivity contribution in [1.82, 2.24) is 20.6 Å². The zero-order chi connectivity index (χ0) is 33.8. The van der Waals surface area contributed by atoms with Gasteiger partial charge < -0.3 is 20.5 Å². The van der Waals surface area contributed by atoms with E-state index in [2.05, 4.69) is 79.5 Å². The Balaban J connectivity index is 1.37. The average Bonchev–Trinajstić information content (AvgIpc) is 3.05. The smallest absolute Gasteiger partial charge is 0.305 e. The lowest BCUT2D eigenvalue weighted by atomic mass is 9.87. The van der Waals surface area contributed by atoms with Gasteiger partial charge in [-0.25, -0.2) is 9.97 Å². The first kappa shape index (κ1) is 35.3. The molecular formula is C39H48N4O4. The third kappa shape index (κ3) is 11.3. The molecule has 248 valence electrons. The summed E-state index contributed by atoms with van der Waals surface area (Å²) in [5.41, 5.74) is 6.16. The van der Waals surface area contributed by atoms with Crippen molar-refractivity contribution in [3.05, 3.63) is 102 Å². The van der Waals surface area contributed by atoms with E-state index in [1.54, 1.807) is 0 Å². The van der Waals surface area contributed by atoms with Gasteiger partial charge in [0.25, 0.3) is 0 Å². The maximum absolute atomic E-state index is 13.1. The Labute approximate surface area is 279 Å². The van der Waals surface area contributed by atoms with Crippen LogP contribution in [0.3, 0.4) is 0 Å². The second-order valence-electron chi connectivity index (χ2n) is 13.4. The van der Waals surface area contributed by atoms with Crippen LogP contribution in [0.4, 0.5) is 0 Å². The fraction of sp³-hybridized carbons (Fsp3) is 0.385. The molecule has 8 heteroatoms. The Morgan fingerprint density at radius 1 is 0.830 bits per heavy atom. The third-order valence-corrected chi connectivity index (χ3v) is 8.01. The van der Waals surface area contributed by atoms with Crippen LogP contribution >= 0.6 is 0 Å². The Bertz CT molecular complexity index is 1560. The number of carboxylic acids is 1. The molecule has 1 atom stereocenters. The van der Waals surface area contributed by atoms with Crippen molar-refractivity contribution in [3.63, 3.8) is 0 Å². The van der Waals surface area contributed by atoms with E-state index in [1.807, 2.05) is 60.9 Å². The minimum Gasteiger partial charge on any atom is -0.494 e. The van der Waals surface area contributed by atoms with Gasteiger partial charge in [-0.15, -0.1) is 0 Å². The van der Waals surface area contributed by atoms with Gasteiger partial charge in [0, 0.05) is 36.6 Å².